The number of hydrogen-bond donors (Lipinski definition) is 1. The van der Waals surface area contributed by atoms with E-state index in [1.807, 2.05) is 17.9 Å². The van der Waals surface area contributed by atoms with Crippen molar-refractivity contribution in [3.8, 4) is 0 Å². The number of nitrogens with zero attached hydrogens (tertiary/aromatic N) is 2. The number of aromatic nitrogens is 2. The lowest BCUT2D eigenvalue weighted by Crippen LogP contribution is -2.35. The zero-order chi connectivity index (χ0) is 12.3. The highest BCUT2D eigenvalue weighted by atomic mass is 15.2. The Labute approximate surface area is 105 Å². The van der Waals surface area contributed by atoms with Gasteiger partial charge in [0.2, 0.25) is 0 Å². The van der Waals surface area contributed by atoms with Crippen LogP contribution in [0.25, 0.3) is 0 Å². The summed E-state index contributed by atoms with van der Waals surface area (Å²) in [6.45, 7) is 2.41. The average Bonchev–Trinajstić information content (AvgIpc) is 2.90. The normalized spacial score (nSPS) is 26.3. The van der Waals surface area contributed by atoms with E-state index in [2.05, 4.69) is 30.5 Å². The van der Waals surface area contributed by atoms with Crippen molar-refractivity contribution in [2.24, 2.45) is 18.9 Å². The van der Waals surface area contributed by atoms with E-state index < -0.39 is 0 Å². The monoisotopic (exact) mass is 235 g/mol. The zero-order valence-electron chi connectivity index (χ0n) is 11.3. The van der Waals surface area contributed by atoms with Crippen molar-refractivity contribution in [3.63, 3.8) is 0 Å². The summed E-state index contributed by atoms with van der Waals surface area (Å²) in [6.07, 6.45) is 8.47. The summed E-state index contributed by atoms with van der Waals surface area (Å²) >= 11 is 0. The molecule has 3 nitrogen and oxygen atoms in total. The molecule has 1 aliphatic rings. The summed E-state index contributed by atoms with van der Waals surface area (Å²) in [7, 11) is 4.14. The first kappa shape index (κ1) is 12.6. The average molecular weight is 235 g/mol. The fourth-order valence-electron chi connectivity index (χ4n) is 3.29. The lowest BCUT2D eigenvalue weighted by Gasteiger charge is -2.26. The van der Waals surface area contributed by atoms with Crippen LogP contribution >= 0.6 is 0 Å². The largest absolute Gasteiger partial charge is 0.317 e. The van der Waals surface area contributed by atoms with E-state index >= 15 is 0 Å². The highest BCUT2D eigenvalue weighted by molar-refractivity contribution is 5.01. The maximum atomic E-state index is 4.23. The van der Waals surface area contributed by atoms with Gasteiger partial charge in [-0.3, -0.25) is 4.68 Å². The predicted octanol–water partition coefficient (Wildman–Crippen LogP) is 2.38. The molecule has 1 N–H and O–H groups in total. The van der Waals surface area contributed by atoms with E-state index in [1.165, 1.54) is 31.4 Å². The molecule has 1 saturated carbocycles. The molecule has 17 heavy (non-hydrogen) atoms. The second-order valence-electron chi connectivity index (χ2n) is 5.45. The maximum absolute atomic E-state index is 4.23. The molecule has 1 aromatic rings. The molecule has 0 amide bonds. The third-order valence-corrected chi connectivity index (χ3v) is 4.45. The van der Waals surface area contributed by atoms with Crippen LogP contribution in [-0.2, 0) is 13.5 Å². The Morgan fingerprint density at radius 1 is 1.53 bits per heavy atom. The van der Waals surface area contributed by atoms with Crippen LogP contribution < -0.4 is 5.32 Å². The summed E-state index contributed by atoms with van der Waals surface area (Å²) in [5.74, 6) is 1.76. The topological polar surface area (TPSA) is 29.9 Å². The summed E-state index contributed by atoms with van der Waals surface area (Å²) in [5.41, 5.74) is 1.34. The van der Waals surface area contributed by atoms with Gasteiger partial charge in [0.1, 0.15) is 0 Å². The number of rotatable bonds is 5. The molecule has 1 aromatic heterocycles. The smallest absolute Gasteiger partial charge is 0.0492 e. The van der Waals surface area contributed by atoms with Crippen molar-refractivity contribution >= 4 is 0 Å². The third kappa shape index (κ3) is 2.89. The van der Waals surface area contributed by atoms with Gasteiger partial charge in [-0.25, -0.2) is 0 Å². The lowest BCUT2D eigenvalue weighted by molar-refractivity contribution is 0.295. The van der Waals surface area contributed by atoms with Gasteiger partial charge < -0.3 is 5.32 Å². The van der Waals surface area contributed by atoms with E-state index in [4.69, 9.17) is 0 Å². The lowest BCUT2D eigenvalue weighted by atomic mass is 9.87. The van der Waals surface area contributed by atoms with Crippen LogP contribution in [0.1, 0.15) is 38.3 Å². The van der Waals surface area contributed by atoms with E-state index in [9.17, 15) is 0 Å². The molecule has 0 bridgehead atoms. The Bertz CT molecular complexity index is 345. The molecule has 3 heteroatoms. The first-order chi connectivity index (χ1) is 8.22. The summed E-state index contributed by atoms with van der Waals surface area (Å²) in [6, 6.07) is 2.80. The van der Waals surface area contributed by atoms with E-state index in [0.717, 1.165) is 18.3 Å². The molecular formula is C14H25N3. The molecule has 1 heterocycles. The first-order valence-corrected chi connectivity index (χ1v) is 6.86. The number of nitrogens with one attached hydrogen (secondary N) is 1. The molecule has 0 spiro atoms. The molecular weight excluding hydrogens is 210 g/mol. The van der Waals surface area contributed by atoms with Crippen LogP contribution in [0, 0.1) is 11.8 Å². The fraction of sp³-hybridized carbons (Fsp3) is 0.786. The van der Waals surface area contributed by atoms with Gasteiger partial charge in [0.05, 0.1) is 0 Å². The Hall–Kier alpha value is -0.830. The Morgan fingerprint density at radius 2 is 2.35 bits per heavy atom. The maximum Gasteiger partial charge on any atom is 0.0492 e. The van der Waals surface area contributed by atoms with Gasteiger partial charge in [0.15, 0.2) is 0 Å². The molecule has 0 aliphatic heterocycles. The van der Waals surface area contributed by atoms with Gasteiger partial charge in [-0.2, -0.15) is 5.10 Å². The van der Waals surface area contributed by atoms with Gasteiger partial charge in [-0.1, -0.05) is 19.8 Å². The predicted molar refractivity (Wildman–Crippen MR) is 70.9 cm³/mol. The van der Waals surface area contributed by atoms with Crippen molar-refractivity contribution in [1.29, 1.82) is 0 Å². The number of aryl methyl sites for hydroxylation is 2. The van der Waals surface area contributed by atoms with Gasteiger partial charge in [0.25, 0.3) is 0 Å². The molecule has 0 saturated heterocycles. The van der Waals surface area contributed by atoms with Gasteiger partial charge in [0, 0.05) is 25.0 Å². The highest BCUT2D eigenvalue weighted by Crippen LogP contribution is 2.34. The highest BCUT2D eigenvalue weighted by Gasteiger charge is 2.29. The van der Waals surface area contributed by atoms with Crippen molar-refractivity contribution in [2.45, 2.75) is 45.1 Å². The first-order valence-electron chi connectivity index (χ1n) is 6.86. The van der Waals surface area contributed by atoms with Crippen LogP contribution in [0.4, 0.5) is 0 Å². The molecule has 0 radical (unpaired) electrons. The summed E-state index contributed by atoms with van der Waals surface area (Å²) in [4.78, 5) is 0. The van der Waals surface area contributed by atoms with Crippen molar-refractivity contribution in [3.05, 3.63) is 18.0 Å². The zero-order valence-corrected chi connectivity index (χ0v) is 11.3. The van der Waals surface area contributed by atoms with Gasteiger partial charge >= 0.3 is 0 Å². The minimum Gasteiger partial charge on any atom is -0.317 e. The minimum atomic E-state index is 0.669. The molecule has 1 aliphatic carbocycles. The summed E-state index contributed by atoms with van der Waals surface area (Å²) in [5, 5.41) is 7.76. The number of hydrogen-bond acceptors (Lipinski definition) is 2. The molecule has 1 fully saturated rings. The minimum absolute atomic E-state index is 0.669. The second-order valence-corrected chi connectivity index (χ2v) is 5.45. The van der Waals surface area contributed by atoms with Gasteiger partial charge in [-0.15, -0.1) is 0 Å². The van der Waals surface area contributed by atoms with Crippen LogP contribution in [0.2, 0.25) is 0 Å². The third-order valence-electron chi connectivity index (χ3n) is 4.45. The SMILES string of the molecule is CNC(CCc1ccnn1C)C1CCCC1C. The Balaban J connectivity index is 1.89. The molecule has 3 unspecified atom stereocenters. The van der Waals surface area contributed by atoms with Crippen molar-refractivity contribution in [2.75, 3.05) is 7.05 Å². The molecule has 2 rings (SSSR count). The standard InChI is InChI=1S/C14H25N3/c1-11-5-4-6-13(11)14(15-2)8-7-12-9-10-16-17(12)3/h9-11,13-15H,4-8H2,1-3H3. The van der Waals surface area contributed by atoms with E-state index in [0.29, 0.717) is 6.04 Å². The van der Waals surface area contributed by atoms with Gasteiger partial charge in [-0.05, 0) is 44.2 Å². The van der Waals surface area contributed by atoms with Crippen LogP contribution in [0.15, 0.2) is 12.3 Å². The van der Waals surface area contributed by atoms with Crippen molar-refractivity contribution < 1.29 is 0 Å². The van der Waals surface area contributed by atoms with E-state index in [-0.39, 0.29) is 0 Å². The second kappa shape index (κ2) is 5.67. The Morgan fingerprint density at radius 3 is 2.88 bits per heavy atom. The Kier molecular flexibility index (Phi) is 4.21. The fourth-order valence-corrected chi connectivity index (χ4v) is 3.29. The van der Waals surface area contributed by atoms with Crippen LogP contribution in [0.5, 0.6) is 0 Å². The quantitative estimate of drug-likeness (QED) is 0.849. The van der Waals surface area contributed by atoms with Crippen molar-refractivity contribution in [1.82, 2.24) is 15.1 Å². The van der Waals surface area contributed by atoms with E-state index in [1.54, 1.807) is 0 Å². The molecule has 3 atom stereocenters. The van der Waals surface area contributed by atoms with Crippen LogP contribution in [-0.4, -0.2) is 22.9 Å². The summed E-state index contributed by atoms with van der Waals surface area (Å²) < 4.78 is 1.99. The molecule has 96 valence electrons. The van der Waals surface area contributed by atoms with Crippen LogP contribution in [0.3, 0.4) is 0 Å². The molecule has 0 aromatic carbocycles.